The van der Waals surface area contributed by atoms with Gasteiger partial charge in [-0.05, 0) is 12.8 Å². The Bertz CT molecular complexity index is 442. The van der Waals surface area contributed by atoms with Gasteiger partial charge in [0.2, 0.25) is 0 Å². The topological polar surface area (TPSA) is 50.7 Å². The molecule has 2 atom stereocenters. The molecule has 17 heavy (non-hydrogen) atoms. The maximum Gasteiger partial charge on any atom is 0.408 e. The molecule has 1 amide bonds. The van der Waals surface area contributed by atoms with E-state index in [9.17, 15) is 4.79 Å². The maximum atomic E-state index is 11.5. The normalized spacial score (nSPS) is 24.1. The second kappa shape index (κ2) is 5.32. The lowest BCUT2D eigenvalue weighted by Crippen LogP contribution is -2.30. The number of hydrogen-bond acceptors (Lipinski definition) is 3. The van der Waals surface area contributed by atoms with Crippen LogP contribution in [0.4, 0.5) is 4.79 Å². The second-order valence-corrected chi connectivity index (χ2v) is 3.79. The van der Waals surface area contributed by atoms with E-state index in [-0.39, 0.29) is 12.0 Å². The molecular weight excluding hydrogens is 216 g/mol. The molecule has 1 unspecified atom stereocenters. The lowest BCUT2D eigenvalue weighted by atomic mass is 10.1. The molecule has 2 bridgehead atoms. The van der Waals surface area contributed by atoms with E-state index in [1.165, 1.54) is 0 Å². The zero-order valence-electron chi connectivity index (χ0n) is 9.43. The highest BCUT2D eigenvalue weighted by molar-refractivity contribution is 5.68. The average molecular weight is 230 g/mol. The summed E-state index contributed by atoms with van der Waals surface area (Å²) in [6, 6.07) is 0. The van der Waals surface area contributed by atoms with E-state index >= 15 is 0 Å². The number of aliphatic imine (C=N–C) groups is 1. The van der Waals surface area contributed by atoms with Crippen LogP contribution < -0.4 is 5.32 Å². The number of nitrogens with zero attached hydrogens (tertiary/aromatic N) is 1. The number of amides is 1. The quantitative estimate of drug-likeness (QED) is 0.443. The first-order valence-corrected chi connectivity index (χ1v) is 5.48. The highest BCUT2D eigenvalue weighted by Crippen LogP contribution is 2.31. The summed E-state index contributed by atoms with van der Waals surface area (Å²) in [5.74, 6) is 0.163. The highest BCUT2D eigenvalue weighted by Gasteiger charge is 2.32. The largest absolute Gasteiger partial charge is 0.440 e. The Hall–Kier alpha value is -2.06. The summed E-state index contributed by atoms with van der Waals surface area (Å²) < 4.78 is 5.29. The van der Waals surface area contributed by atoms with Crippen LogP contribution in [0.2, 0.25) is 0 Å². The molecule has 2 aliphatic rings. The molecule has 2 rings (SSSR count). The van der Waals surface area contributed by atoms with Gasteiger partial charge in [-0.1, -0.05) is 24.3 Å². The van der Waals surface area contributed by atoms with Gasteiger partial charge < -0.3 is 10.1 Å². The van der Waals surface area contributed by atoms with Crippen molar-refractivity contribution in [3.8, 4) is 0 Å². The third-order valence-corrected chi connectivity index (χ3v) is 2.60. The van der Waals surface area contributed by atoms with Gasteiger partial charge in [-0.3, -0.25) is 4.99 Å². The van der Waals surface area contributed by atoms with Gasteiger partial charge in [-0.2, -0.15) is 0 Å². The molecule has 0 aromatic carbocycles. The lowest BCUT2D eigenvalue weighted by molar-refractivity contribution is 0.111. The van der Waals surface area contributed by atoms with Crippen molar-refractivity contribution in [3.63, 3.8) is 0 Å². The fraction of sp³-hybridized carbons (Fsp3) is 0.308. The Morgan fingerprint density at radius 2 is 2.53 bits per heavy atom. The second-order valence-electron chi connectivity index (χ2n) is 3.79. The van der Waals surface area contributed by atoms with Crippen LogP contribution in [0, 0.1) is 5.92 Å². The van der Waals surface area contributed by atoms with E-state index in [0.717, 1.165) is 5.57 Å². The molecule has 4 heteroatoms. The minimum atomic E-state index is -0.408. The summed E-state index contributed by atoms with van der Waals surface area (Å²) in [4.78, 5) is 15.1. The maximum absolute atomic E-state index is 11.5. The van der Waals surface area contributed by atoms with Crippen LogP contribution in [-0.2, 0) is 4.74 Å². The van der Waals surface area contributed by atoms with Gasteiger partial charge in [0.25, 0.3) is 0 Å². The summed E-state index contributed by atoms with van der Waals surface area (Å²) in [6.45, 7) is 4.35. The van der Waals surface area contributed by atoms with Crippen molar-refractivity contribution >= 4 is 12.8 Å². The number of carbonyl (C=O) groups excluding carboxylic acids is 1. The SMILES string of the molecule is C=NC/C=C/CNC(=O)OC1C2=C=C[C@H]1C=C2. The minimum Gasteiger partial charge on any atom is -0.440 e. The van der Waals surface area contributed by atoms with Crippen LogP contribution in [0.3, 0.4) is 0 Å². The molecule has 0 saturated carbocycles. The van der Waals surface area contributed by atoms with Crippen LogP contribution in [-0.4, -0.2) is 32.0 Å². The summed E-state index contributed by atoms with van der Waals surface area (Å²) in [5.41, 5.74) is 4.00. The number of fused-ring (bicyclic) bond motifs is 2. The first kappa shape index (κ1) is 11.4. The molecule has 1 N–H and O–H groups in total. The van der Waals surface area contributed by atoms with Crippen molar-refractivity contribution in [3.05, 3.63) is 41.7 Å². The predicted octanol–water partition coefficient (Wildman–Crippen LogP) is 1.62. The molecule has 0 aliphatic heterocycles. The van der Waals surface area contributed by atoms with Crippen molar-refractivity contribution in [2.75, 3.05) is 13.1 Å². The van der Waals surface area contributed by atoms with E-state index in [1.807, 2.05) is 30.4 Å². The van der Waals surface area contributed by atoms with Gasteiger partial charge in [0.15, 0.2) is 0 Å². The Kier molecular flexibility index (Phi) is 3.58. The molecule has 0 aromatic heterocycles. The van der Waals surface area contributed by atoms with E-state index in [0.29, 0.717) is 13.1 Å². The van der Waals surface area contributed by atoms with E-state index in [4.69, 9.17) is 4.74 Å². The Morgan fingerprint density at radius 1 is 1.65 bits per heavy atom. The third-order valence-electron chi connectivity index (χ3n) is 2.60. The summed E-state index contributed by atoms with van der Waals surface area (Å²) in [6.07, 6.45) is 8.93. The third kappa shape index (κ3) is 2.74. The smallest absolute Gasteiger partial charge is 0.408 e. The lowest BCUT2D eigenvalue weighted by Gasteiger charge is -2.14. The standard InChI is InChI=1S/C13H14N2O2/c1-14-8-2-3-9-15-13(16)17-12-10-4-5-11(12)7-6-10/h2-6,10,12H,1,8-9H2,(H,15,16)/b3-2+/t10-,12?/m1/s1. The molecule has 2 aliphatic carbocycles. The molecule has 0 heterocycles. The Labute approximate surface area is 100 Å². The van der Waals surface area contributed by atoms with E-state index < -0.39 is 6.09 Å². The summed E-state index contributed by atoms with van der Waals surface area (Å²) in [7, 11) is 0. The minimum absolute atomic E-state index is 0.163. The van der Waals surface area contributed by atoms with Crippen LogP contribution >= 0.6 is 0 Å². The van der Waals surface area contributed by atoms with Crippen molar-refractivity contribution in [1.29, 1.82) is 0 Å². The summed E-state index contributed by atoms with van der Waals surface area (Å²) in [5, 5.41) is 2.64. The van der Waals surface area contributed by atoms with Gasteiger partial charge >= 0.3 is 6.09 Å². The van der Waals surface area contributed by atoms with Crippen molar-refractivity contribution in [2.45, 2.75) is 6.10 Å². The molecular formula is C13H14N2O2. The van der Waals surface area contributed by atoms with Gasteiger partial charge in [-0.15, -0.1) is 5.73 Å². The molecule has 0 aromatic rings. The van der Waals surface area contributed by atoms with Crippen LogP contribution in [0.25, 0.3) is 0 Å². The van der Waals surface area contributed by atoms with Crippen molar-refractivity contribution in [2.24, 2.45) is 10.9 Å². The fourth-order valence-corrected chi connectivity index (χ4v) is 1.76. The van der Waals surface area contributed by atoms with Gasteiger partial charge in [0.1, 0.15) is 6.10 Å². The van der Waals surface area contributed by atoms with E-state index in [1.54, 1.807) is 0 Å². The summed E-state index contributed by atoms with van der Waals surface area (Å²) >= 11 is 0. The molecule has 0 saturated heterocycles. The van der Waals surface area contributed by atoms with E-state index in [2.05, 4.69) is 22.8 Å². The van der Waals surface area contributed by atoms with Gasteiger partial charge in [0.05, 0.1) is 6.54 Å². The molecule has 0 spiro atoms. The first-order valence-electron chi connectivity index (χ1n) is 5.48. The molecule has 88 valence electrons. The van der Waals surface area contributed by atoms with Crippen molar-refractivity contribution < 1.29 is 9.53 Å². The molecule has 4 nitrogen and oxygen atoms in total. The first-order chi connectivity index (χ1) is 8.31. The predicted molar refractivity (Wildman–Crippen MR) is 66.1 cm³/mol. The van der Waals surface area contributed by atoms with Crippen LogP contribution in [0.1, 0.15) is 0 Å². The highest BCUT2D eigenvalue weighted by atomic mass is 16.6. The average Bonchev–Trinajstić information content (AvgIpc) is 2.89. The van der Waals surface area contributed by atoms with Gasteiger partial charge in [0, 0.05) is 18.0 Å². The van der Waals surface area contributed by atoms with Crippen molar-refractivity contribution in [1.82, 2.24) is 5.32 Å². The zero-order valence-corrected chi connectivity index (χ0v) is 9.43. The number of rotatable bonds is 5. The monoisotopic (exact) mass is 230 g/mol. The van der Waals surface area contributed by atoms with Crippen LogP contribution in [0.15, 0.2) is 46.7 Å². The number of hydrogen-bond donors (Lipinski definition) is 1. The molecule has 0 radical (unpaired) electrons. The number of carbonyl (C=O) groups is 1. The molecule has 0 fully saturated rings. The van der Waals surface area contributed by atoms with Gasteiger partial charge in [-0.25, -0.2) is 4.79 Å². The van der Waals surface area contributed by atoms with Crippen LogP contribution in [0.5, 0.6) is 0 Å². The number of alkyl carbamates (subject to hydrolysis) is 1. The number of ether oxygens (including phenoxy) is 1. The Morgan fingerprint density at radius 3 is 3.12 bits per heavy atom. The fourth-order valence-electron chi connectivity index (χ4n) is 1.76. The Balaban J connectivity index is 1.69. The zero-order chi connectivity index (χ0) is 12.1. The number of nitrogens with one attached hydrogen (secondary N) is 1.